The number of nitro benzene ring substituents is 1. The van der Waals surface area contributed by atoms with Gasteiger partial charge < -0.3 is 19.6 Å². The van der Waals surface area contributed by atoms with Crippen LogP contribution in [0.25, 0.3) is 0 Å². The van der Waals surface area contributed by atoms with Gasteiger partial charge in [0.05, 0.1) is 22.9 Å². The first kappa shape index (κ1) is 33.7. The molecule has 0 bridgehead atoms. The van der Waals surface area contributed by atoms with Crippen LogP contribution in [0.1, 0.15) is 55.2 Å². The molecule has 2 atom stereocenters. The highest BCUT2D eigenvalue weighted by atomic mass is 16.6. The van der Waals surface area contributed by atoms with Crippen molar-refractivity contribution in [3.63, 3.8) is 0 Å². The molecule has 3 aromatic rings. The van der Waals surface area contributed by atoms with Crippen LogP contribution in [-0.2, 0) is 19.7 Å². The van der Waals surface area contributed by atoms with E-state index in [1.54, 1.807) is 17.0 Å². The van der Waals surface area contributed by atoms with Crippen LogP contribution in [0.5, 0.6) is 0 Å². The number of amides is 1. The molecule has 0 aliphatic carbocycles. The van der Waals surface area contributed by atoms with Crippen LogP contribution >= 0.6 is 0 Å². The number of carbonyl (C=O) groups excluding carboxylic acids is 1. The predicted molar refractivity (Wildman–Crippen MR) is 180 cm³/mol. The zero-order valence-corrected chi connectivity index (χ0v) is 27.0. The molecule has 47 heavy (non-hydrogen) atoms. The Morgan fingerprint density at radius 1 is 1.04 bits per heavy atom. The van der Waals surface area contributed by atoms with Gasteiger partial charge >= 0.3 is 5.97 Å². The Balaban J connectivity index is 1.37. The number of carboxylic acid groups (broad SMARTS) is 1. The zero-order valence-electron chi connectivity index (χ0n) is 27.0. The maximum atomic E-state index is 12.7. The number of piperidine rings is 1. The SMILES string of the molecule is CCC1=NC(COC)=C(N(C=O)CCCN2CCC(c3ccccc3)(c3ccccc3)CC2)C(c2ccc([N+](=O)[O-])cc2)C1C(=O)O. The number of ether oxygens (including phenoxy) is 1. The van der Waals surface area contributed by atoms with Crippen LogP contribution in [-0.4, -0.2) is 77.8 Å². The van der Waals surface area contributed by atoms with E-state index in [0.29, 0.717) is 42.1 Å². The fourth-order valence-electron chi connectivity index (χ4n) is 7.27. The molecule has 2 aliphatic heterocycles. The van der Waals surface area contributed by atoms with Crippen molar-refractivity contribution in [1.82, 2.24) is 9.80 Å². The van der Waals surface area contributed by atoms with Crippen molar-refractivity contribution in [3.05, 3.63) is 123 Å². The van der Waals surface area contributed by atoms with E-state index < -0.39 is 22.7 Å². The van der Waals surface area contributed by atoms with Crippen molar-refractivity contribution in [1.29, 1.82) is 0 Å². The Morgan fingerprint density at radius 3 is 2.13 bits per heavy atom. The van der Waals surface area contributed by atoms with Gasteiger partial charge in [0.25, 0.3) is 5.69 Å². The van der Waals surface area contributed by atoms with Crippen molar-refractivity contribution < 1.29 is 24.4 Å². The lowest BCUT2D eigenvalue weighted by atomic mass is 9.68. The highest BCUT2D eigenvalue weighted by Crippen LogP contribution is 2.43. The molecule has 10 nitrogen and oxygen atoms in total. The number of methoxy groups -OCH3 is 1. The minimum atomic E-state index is -1.07. The number of aliphatic carboxylic acids is 1. The summed E-state index contributed by atoms with van der Waals surface area (Å²) >= 11 is 0. The topological polar surface area (TPSA) is 126 Å². The van der Waals surface area contributed by atoms with E-state index in [0.717, 1.165) is 38.9 Å². The third-order valence-corrected chi connectivity index (χ3v) is 9.61. The maximum absolute atomic E-state index is 12.7. The number of carbonyl (C=O) groups is 2. The molecular formula is C37H42N4O6. The number of allylic oxidation sites excluding steroid dienone is 1. The first-order chi connectivity index (χ1) is 22.8. The largest absolute Gasteiger partial charge is 0.481 e. The van der Waals surface area contributed by atoms with E-state index in [9.17, 15) is 24.8 Å². The summed E-state index contributed by atoms with van der Waals surface area (Å²) in [6.07, 6.45) is 3.74. The van der Waals surface area contributed by atoms with Crippen molar-refractivity contribution in [2.75, 3.05) is 39.9 Å². The second-order valence-corrected chi connectivity index (χ2v) is 12.2. The summed E-state index contributed by atoms with van der Waals surface area (Å²) < 4.78 is 5.47. The number of hydrogen-bond acceptors (Lipinski definition) is 7. The average Bonchev–Trinajstić information content (AvgIpc) is 3.11. The quantitative estimate of drug-likeness (QED) is 0.130. The van der Waals surface area contributed by atoms with Crippen LogP contribution in [0, 0.1) is 16.0 Å². The molecule has 0 radical (unpaired) electrons. The molecule has 1 saturated heterocycles. The van der Waals surface area contributed by atoms with E-state index in [2.05, 4.69) is 65.6 Å². The maximum Gasteiger partial charge on any atom is 0.313 e. The number of aliphatic imine (C=N–C) groups is 1. The summed E-state index contributed by atoms with van der Waals surface area (Å²) in [5.74, 6) is -2.88. The minimum Gasteiger partial charge on any atom is -0.481 e. The predicted octanol–water partition coefficient (Wildman–Crippen LogP) is 6.03. The molecule has 0 saturated carbocycles. The highest BCUT2D eigenvalue weighted by Gasteiger charge is 2.42. The van der Waals surface area contributed by atoms with Gasteiger partial charge in [-0.1, -0.05) is 79.7 Å². The fraction of sp³-hybridized carbons (Fsp3) is 0.378. The van der Waals surface area contributed by atoms with Crippen LogP contribution in [0.4, 0.5) is 5.69 Å². The minimum absolute atomic E-state index is 0.0609. The molecule has 5 rings (SSSR count). The van der Waals surface area contributed by atoms with Crippen molar-refractivity contribution >= 4 is 23.8 Å². The number of nitro groups is 1. The number of nitrogens with zero attached hydrogens (tertiary/aromatic N) is 4. The normalized spacial score (nSPS) is 19.6. The molecule has 2 aliphatic rings. The fourth-order valence-corrected chi connectivity index (χ4v) is 7.27. The van der Waals surface area contributed by atoms with Crippen LogP contribution in [0.2, 0.25) is 0 Å². The molecule has 1 amide bonds. The molecule has 2 heterocycles. The number of non-ortho nitro benzene ring substituents is 1. The van der Waals surface area contributed by atoms with E-state index >= 15 is 0 Å². The van der Waals surface area contributed by atoms with Crippen molar-refractivity contribution in [2.45, 2.75) is 43.9 Å². The molecule has 246 valence electrons. The summed E-state index contributed by atoms with van der Waals surface area (Å²) in [6, 6.07) is 27.3. The van der Waals surface area contributed by atoms with E-state index in [-0.39, 0.29) is 17.7 Å². The Bertz CT molecular complexity index is 1560. The smallest absolute Gasteiger partial charge is 0.313 e. The zero-order chi connectivity index (χ0) is 33.4. The van der Waals surface area contributed by atoms with E-state index in [1.807, 2.05) is 6.92 Å². The molecule has 2 unspecified atom stereocenters. The Hall–Kier alpha value is -4.67. The first-order valence-corrected chi connectivity index (χ1v) is 16.1. The number of benzene rings is 3. The molecule has 0 spiro atoms. The van der Waals surface area contributed by atoms with E-state index in [4.69, 9.17) is 9.73 Å². The number of carboxylic acids is 1. The van der Waals surface area contributed by atoms with Crippen LogP contribution in [0.3, 0.4) is 0 Å². The first-order valence-electron chi connectivity index (χ1n) is 16.1. The Morgan fingerprint density at radius 2 is 1.64 bits per heavy atom. The van der Waals surface area contributed by atoms with Gasteiger partial charge in [0.15, 0.2) is 0 Å². The molecule has 0 aromatic heterocycles. The van der Waals surface area contributed by atoms with Gasteiger partial charge in [-0.3, -0.25) is 24.7 Å². The summed E-state index contributed by atoms with van der Waals surface area (Å²) in [4.78, 5) is 45.0. The van der Waals surface area contributed by atoms with Crippen LogP contribution in [0.15, 0.2) is 101 Å². The van der Waals surface area contributed by atoms with Gasteiger partial charge in [0.1, 0.15) is 5.92 Å². The third-order valence-electron chi connectivity index (χ3n) is 9.61. The third kappa shape index (κ3) is 7.18. The second kappa shape index (κ2) is 15.3. The summed E-state index contributed by atoms with van der Waals surface area (Å²) in [5, 5.41) is 21.8. The van der Waals surface area contributed by atoms with Gasteiger partial charge in [-0.05, 0) is 62.0 Å². The lowest BCUT2D eigenvalue weighted by Crippen LogP contribution is -2.44. The Kier molecular flexibility index (Phi) is 11.0. The second-order valence-electron chi connectivity index (χ2n) is 12.2. The van der Waals surface area contributed by atoms with E-state index in [1.165, 1.54) is 30.4 Å². The van der Waals surface area contributed by atoms with Gasteiger partial charge in [-0.15, -0.1) is 0 Å². The molecule has 3 aromatic carbocycles. The lowest BCUT2D eigenvalue weighted by molar-refractivity contribution is -0.384. The van der Waals surface area contributed by atoms with Gasteiger partial charge in [-0.2, -0.15) is 0 Å². The van der Waals surface area contributed by atoms with Gasteiger partial charge in [-0.25, -0.2) is 0 Å². The molecule has 10 heteroatoms. The number of rotatable bonds is 14. The summed E-state index contributed by atoms with van der Waals surface area (Å²) in [7, 11) is 1.53. The lowest BCUT2D eigenvalue weighted by Gasteiger charge is -2.43. The van der Waals surface area contributed by atoms with Crippen molar-refractivity contribution in [2.24, 2.45) is 10.9 Å². The van der Waals surface area contributed by atoms with Gasteiger partial charge in [0, 0.05) is 42.8 Å². The monoisotopic (exact) mass is 638 g/mol. The standard InChI is InChI=1S/C37H42N4O6/c1-3-31-34(36(43)44)33(27-15-17-30(18-16-27)41(45)46)35(32(38-31)25-47-2)40(26-42)22-10-21-39-23-19-37(20-24-39,28-11-6-4-7-12-28)29-13-8-5-9-14-29/h4-9,11-18,26,33-34H,3,10,19-25H2,1-2H3,(H,43,44). The molecular weight excluding hydrogens is 596 g/mol. The summed E-state index contributed by atoms with van der Waals surface area (Å²) in [5.41, 5.74) is 4.48. The van der Waals surface area contributed by atoms with Gasteiger partial charge in [0.2, 0.25) is 6.41 Å². The molecule has 1 N–H and O–H groups in total. The molecule has 1 fully saturated rings. The number of hydrogen-bond donors (Lipinski definition) is 1. The average molecular weight is 639 g/mol. The van der Waals surface area contributed by atoms with Crippen molar-refractivity contribution in [3.8, 4) is 0 Å². The highest BCUT2D eigenvalue weighted by molar-refractivity contribution is 6.04. The Labute approximate surface area is 275 Å². The number of likely N-dealkylation sites (tertiary alicyclic amines) is 1. The summed E-state index contributed by atoms with van der Waals surface area (Å²) in [6.45, 7) is 4.87. The van der Waals surface area contributed by atoms with Crippen LogP contribution < -0.4 is 0 Å².